The summed E-state index contributed by atoms with van der Waals surface area (Å²) in [7, 11) is 0. The van der Waals surface area contributed by atoms with Crippen molar-refractivity contribution in [2.75, 3.05) is 119 Å². The molecule has 0 fully saturated rings. The van der Waals surface area contributed by atoms with Crippen LogP contribution < -0.4 is 0 Å². The van der Waals surface area contributed by atoms with Crippen LogP contribution in [0, 0.1) is 0 Å². The van der Waals surface area contributed by atoms with E-state index in [9.17, 15) is 14.4 Å². The molecule has 0 atom stereocenters. The van der Waals surface area contributed by atoms with E-state index in [0.717, 1.165) is 5.56 Å². The van der Waals surface area contributed by atoms with Gasteiger partial charge in [0.25, 0.3) is 0 Å². The van der Waals surface area contributed by atoms with Gasteiger partial charge in [-0.25, -0.2) is 4.79 Å². The average molecular weight is 648 g/mol. The predicted molar refractivity (Wildman–Crippen MR) is 159 cm³/mol. The monoisotopic (exact) mass is 647 g/mol. The maximum atomic E-state index is 12.7. The topological polar surface area (TPSA) is 178 Å². The van der Waals surface area contributed by atoms with Gasteiger partial charge in [-0.1, -0.05) is 30.3 Å². The summed E-state index contributed by atoms with van der Waals surface area (Å²) in [6.07, 6.45) is -0.529. The molecule has 1 amide bonds. The molecule has 0 radical (unpaired) electrons. The largest absolute Gasteiger partial charge is 0.481 e. The van der Waals surface area contributed by atoms with Crippen LogP contribution in [0.2, 0.25) is 0 Å². The maximum Gasteiger partial charge on any atom is 0.410 e. The summed E-state index contributed by atoms with van der Waals surface area (Å²) in [6, 6.07) is 9.41. The second kappa shape index (κ2) is 29.8. The number of aliphatic carboxylic acids is 2. The lowest BCUT2D eigenvalue weighted by atomic mass is 10.2. The number of hydrogen-bond donors (Lipinski definition) is 2. The molecule has 0 saturated carbocycles. The highest BCUT2D eigenvalue weighted by Crippen LogP contribution is 2.04. The van der Waals surface area contributed by atoms with Gasteiger partial charge in [0.15, 0.2) is 0 Å². The molecule has 0 aliphatic heterocycles. The van der Waals surface area contributed by atoms with Crippen molar-refractivity contribution < 1.29 is 67.2 Å². The first kappa shape index (κ1) is 40.1. The van der Waals surface area contributed by atoms with Gasteiger partial charge in [-0.05, 0) is 5.56 Å². The van der Waals surface area contributed by atoms with Crippen molar-refractivity contribution in [2.24, 2.45) is 0 Å². The Morgan fingerprint density at radius 2 is 0.822 bits per heavy atom. The summed E-state index contributed by atoms with van der Waals surface area (Å²) >= 11 is 0. The SMILES string of the molecule is O=C(O)CCOCCOCCOCCOCCN(CCOCCOCCOCCOCCC(=O)O)C(=O)OCc1ccccc1. The fourth-order valence-electron chi connectivity index (χ4n) is 3.30. The Hall–Kier alpha value is -2.89. The van der Waals surface area contributed by atoms with E-state index in [4.69, 9.17) is 52.8 Å². The summed E-state index contributed by atoms with van der Waals surface area (Å²) in [5, 5.41) is 17.1. The Balaban J connectivity index is 2.13. The highest BCUT2D eigenvalue weighted by molar-refractivity contribution is 5.67. The van der Waals surface area contributed by atoms with Gasteiger partial charge in [0.2, 0.25) is 0 Å². The molecule has 0 heterocycles. The number of nitrogens with zero attached hydrogens (tertiary/aromatic N) is 1. The first-order chi connectivity index (χ1) is 22.0. The molecule has 45 heavy (non-hydrogen) atoms. The molecule has 0 bridgehead atoms. The fourth-order valence-corrected chi connectivity index (χ4v) is 3.30. The Labute approximate surface area is 264 Å². The van der Waals surface area contributed by atoms with Crippen LogP contribution in [-0.4, -0.2) is 152 Å². The second-order valence-electron chi connectivity index (χ2n) is 9.21. The number of ether oxygens (including phenoxy) is 9. The number of benzene rings is 1. The van der Waals surface area contributed by atoms with E-state index in [0.29, 0.717) is 106 Å². The normalized spacial score (nSPS) is 11.0. The second-order valence-corrected chi connectivity index (χ2v) is 9.21. The average Bonchev–Trinajstić information content (AvgIpc) is 3.03. The lowest BCUT2D eigenvalue weighted by molar-refractivity contribution is -0.139. The van der Waals surface area contributed by atoms with Gasteiger partial charge in [0.1, 0.15) is 6.61 Å². The number of carbonyl (C=O) groups is 3. The summed E-state index contributed by atoms with van der Waals surface area (Å²) in [4.78, 5) is 35.0. The van der Waals surface area contributed by atoms with E-state index in [1.807, 2.05) is 30.3 Å². The van der Waals surface area contributed by atoms with Gasteiger partial charge in [-0.2, -0.15) is 0 Å². The Morgan fingerprint density at radius 3 is 1.18 bits per heavy atom. The Morgan fingerprint density at radius 1 is 0.489 bits per heavy atom. The number of carboxylic acid groups (broad SMARTS) is 2. The number of carboxylic acids is 2. The third-order valence-corrected chi connectivity index (χ3v) is 5.63. The molecule has 0 spiro atoms. The molecule has 0 saturated heterocycles. The summed E-state index contributed by atoms with van der Waals surface area (Å²) in [5.74, 6) is -1.80. The molecule has 15 heteroatoms. The van der Waals surface area contributed by atoms with Crippen molar-refractivity contribution in [2.45, 2.75) is 19.4 Å². The summed E-state index contributed by atoms with van der Waals surface area (Å²) in [5.41, 5.74) is 0.886. The molecular weight excluding hydrogens is 598 g/mol. The van der Waals surface area contributed by atoms with Crippen molar-refractivity contribution in [3.05, 3.63) is 35.9 Å². The highest BCUT2D eigenvalue weighted by atomic mass is 16.6. The number of rotatable bonds is 32. The molecule has 2 N–H and O–H groups in total. The van der Waals surface area contributed by atoms with Crippen LogP contribution in [-0.2, 0) is 58.8 Å². The van der Waals surface area contributed by atoms with Crippen molar-refractivity contribution in [1.82, 2.24) is 4.90 Å². The van der Waals surface area contributed by atoms with Crippen LogP contribution in [0.5, 0.6) is 0 Å². The standard InChI is InChI=1S/C30H49NO14/c32-28(33)6-10-37-14-18-41-22-24-43-20-16-39-12-8-31(30(36)45-26-27-4-2-1-3-5-27)9-13-40-17-21-44-25-23-42-19-15-38-11-7-29(34)35/h1-5H,6-26H2,(H,32,33)(H,34,35). The third kappa shape index (κ3) is 27.2. The maximum absolute atomic E-state index is 12.7. The fraction of sp³-hybridized carbons (Fsp3) is 0.700. The highest BCUT2D eigenvalue weighted by Gasteiger charge is 2.15. The quantitative estimate of drug-likeness (QED) is 0.108. The van der Waals surface area contributed by atoms with Gasteiger partial charge in [-0.3, -0.25) is 9.59 Å². The van der Waals surface area contributed by atoms with E-state index in [-0.39, 0.29) is 32.7 Å². The number of carbonyl (C=O) groups excluding carboxylic acids is 1. The Bertz CT molecular complexity index is 818. The molecule has 1 aromatic rings. The molecule has 1 rings (SSSR count). The molecule has 0 unspecified atom stereocenters. The zero-order valence-electron chi connectivity index (χ0n) is 26.0. The summed E-state index contributed by atoms with van der Waals surface area (Å²) in [6.45, 7) is 6.03. The third-order valence-electron chi connectivity index (χ3n) is 5.63. The van der Waals surface area contributed by atoms with Gasteiger partial charge < -0.3 is 57.7 Å². The van der Waals surface area contributed by atoms with E-state index in [2.05, 4.69) is 0 Å². The minimum absolute atomic E-state index is 0.0317. The zero-order valence-corrected chi connectivity index (χ0v) is 26.0. The molecule has 1 aromatic carbocycles. The van der Waals surface area contributed by atoms with E-state index >= 15 is 0 Å². The smallest absolute Gasteiger partial charge is 0.410 e. The molecule has 0 aromatic heterocycles. The zero-order chi connectivity index (χ0) is 32.6. The van der Waals surface area contributed by atoms with Gasteiger partial charge in [-0.15, -0.1) is 0 Å². The van der Waals surface area contributed by atoms with Crippen LogP contribution in [0.4, 0.5) is 4.79 Å². The number of hydrogen-bond acceptors (Lipinski definition) is 12. The van der Waals surface area contributed by atoms with E-state index < -0.39 is 18.0 Å². The Kier molecular flexibility index (Phi) is 26.6. The van der Waals surface area contributed by atoms with Crippen molar-refractivity contribution in [3.63, 3.8) is 0 Å². The van der Waals surface area contributed by atoms with Crippen LogP contribution in [0.25, 0.3) is 0 Å². The minimum atomic E-state index is -0.898. The van der Waals surface area contributed by atoms with E-state index in [1.165, 1.54) is 4.90 Å². The summed E-state index contributed by atoms with van der Waals surface area (Å²) < 4.78 is 48.6. The van der Waals surface area contributed by atoms with Crippen molar-refractivity contribution in [1.29, 1.82) is 0 Å². The van der Waals surface area contributed by atoms with Crippen LogP contribution >= 0.6 is 0 Å². The minimum Gasteiger partial charge on any atom is -0.481 e. The van der Waals surface area contributed by atoms with Crippen LogP contribution in [0.1, 0.15) is 18.4 Å². The van der Waals surface area contributed by atoms with Gasteiger partial charge in [0.05, 0.1) is 119 Å². The van der Waals surface area contributed by atoms with Gasteiger partial charge >= 0.3 is 18.0 Å². The predicted octanol–water partition coefficient (Wildman–Crippen LogP) is 1.71. The molecule has 0 aliphatic carbocycles. The lowest BCUT2D eigenvalue weighted by Crippen LogP contribution is -2.37. The van der Waals surface area contributed by atoms with Crippen LogP contribution in [0.15, 0.2) is 30.3 Å². The van der Waals surface area contributed by atoms with Crippen LogP contribution in [0.3, 0.4) is 0 Å². The molecule has 15 nitrogen and oxygen atoms in total. The lowest BCUT2D eigenvalue weighted by Gasteiger charge is -2.22. The van der Waals surface area contributed by atoms with Gasteiger partial charge in [0, 0.05) is 13.1 Å². The first-order valence-corrected chi connectivity index (χ1v) is 15.0. The van der Waals surface area contributed by atoms with E-state index in [1.54, 1.807) is 0 Å². The molecular formula is C30H49NO14. The van der Waals surface area contributed by atoms with Crippen molar-refractivity contribution >= 4 is 18.0 Å². The first-order valence-electron chi connectivity index (χ1n) is 15.0. The molecule has 0 aliphatic rings. The molecule has 258 valence electrons. The van der Waals surface area contributed by atoms with Crippen molar-refractivity contribution in [3.8, 4) is 0 Å². The number of amides is 1.